The number of hydrogen-bond acceptors (Lipinski definition) is 2. The molecule has 104 valence electrons. The Bertz CT molecular complexity index is 493. The summed E-state index contributed by atoms with van der Waals surface area (Å²) in [6.07, 6.45) is 1.74. The van der Waals surface area contributed by atoms with Crippen molar-refractivity contribution in [3.8, 4) is 0 Å². The lowest BCUT2D eigenvalue weighted by Gasteiger charge is -2.15. The number of aliphatic hydroxyl groups is 1. The van der Waals surface area contributed by atoms with E-state index in [1.807, 2.05) is 0 Å². The number of aliphatic hydroxyl groups excluding tert-OH is 1. The van der Waals surface area contributed by atoms with Crippen LogP contribution in [0, 0.1) is 23.4 Å². The molecule has 2 N–H and O–H groups in total. The van der Waals surface area contributed by atoms with Crippen molar-refractivity contribution >= 4 is 5.91 Å². The van der Waals surface area contributed by atoms with E-state index in [1.165, 1.54) is 0 Å². The first-order chi connectivity index (χ1) is 9.00. The molecular weight excluding hydrogens is 259 g/mol. The van der Waals surface area contributed by atoms with Crippen LogP contribution in [0.4, 0.5) is 13.2 Å². The second kappa shape index (κ2) is 5.61. The zero-order chi connectivity index (χ0) is 14.0. The Hall–Kier alpha value is -1.56. The minimum Gasteiger partial charge on any atom is -0.393 e. The van der Waals surface area contributed by atoms with Crippen molar-refractivity contribution in [3.05, 3.63) is 35.1 Å². The highest BCUT2D eigenvalue weighted by Gasteiger charge is 2.27. The van der Waals surface area contributed by atoms with E-state index in [-0.39, 0.29) is 12.5 Å². The summed E-state index contributed by atoms with van der Waals surface area (Å²) >= 11 is 0. The fourth-order valence-corrected chi connectivity index (χ4v) is 2.30. The molecule has 1 amide bonds. The molecule has 1 saturated carbocycles. The van der Waals surface area contributed by atoms with Gasteiger partial charge in [0.1, 0.15) is 11.4 Å². The molecule has 0 spiro atoms. The van der Waals surface area contributed by atoms with E-state index in [1.54, 1.807) is 0 Å². The number of nitrogens with one attached hydrogen (secondary N) is 1. The number of rotatable bonds is 3. The molecule has 1 aromatic rings. The van der Waals surface area contributed by atoms with Gasteiger partial charge in [-0.25, -0.2) is 13.2 Å². The van der Waals surface area contributed by atoms with E-state index >= 15 is 0 Å². The number of halogens is 3. The van der Waals surface area contributed by atoms with Crippen molar-refractivity contribution in [2.75, 3.05) is 6.54 Å². The van der Waals surface area contributed by atoms with Gasteiger partial charge in [0, 0.05) is 12.5 Å². The Morgan fingerprint density at radius 1 is 1.26 bits per heavy atom. The molecule has 1 aliphatic carbocycles. The summed E-state index contributed by atoms with van der Waals surface area (Å²) in [4.78, 5) is 11.7. The van der Waals surface area contributed by atoms with Crippen LogP contribution in [0.1, 0.15) is 29.6 Å². The minimum atomic E-state index is -1.50. The number of carbonyl (C=O) groups is 1. The zero-order valence-corrected chi connectivity index (χ0v) is 10.1. The molecule has 3 nitrogen and oxygen atoms in total. The van der Waals surface area contributed by atoms with Crippen molar-refractivity contribution in [1.29, 1.82) is 0 Å². The van der Waals surface area contributed by atoms with Crippen LogP contribution >= 0.6 is 0 Å². The summed E-state index contributed by atoms with van der Waals surface area (Å²) in [6, 6.07) is 1.33. The monoisotopic (exact) mass is 273 g/mol. The minimum absolute atomic E-state index is 0.120. The molecule has 0 bridgehead atoms. The fourth-order valence-electron chi connectivity index (χ4n) is 2.30. The third-order valence-corrected chi connectivity index (χ3v) is 3.41. The van der Waals surface area contributed by atoms with Crippen molar-refractivity contribution in [3.63, 3.8) is 0 Å². The predicted octanol–water partition coefficient (Wildman–Crippen LogP) is 1.99. The first-order valence-electron chi connectivity index (χ1n) is 6.10. The summed E-state index contributed by atoms with van der Waals surface area (Å²) in [5, 5.41) is 11.9. The number of benzene rings is 1. The molecule has 1 aliphatic rings. The highest BCUT2D eigenvalue weighted by atomic mass is 19.2. The zero-order valence-electron chi connectivity index (χ0n) is 10.1. The van der Waals surface area contributed by atoms with Gasteiger partial charge in [-0.3, -0.25) is 4.79 Å². The van der Waals surface area contributed by atoms with Crippen LogP contribution in [-0.4, -0.2) is 23.7 Å². The Labute approximate surface area is 108 Å². The van der Waals surface area contributed by atoms with Gasteiger partial charge in [-0.05, 0) is 25.0 Å². The van der Waals surface area contributed by atoms with E-state index in [9.17, 15) is 23.1 Å². The second-order valence-electron chi connectivity index (χ2n) is 4.69. The summed E-state index contributed by atoms with van der Waals surface area (Å²) in [5.41, 5.74) is -0.924. The van der Waals surface area contributed by atoms with E-state index in [0.29, 0.717) is 18.6 Å². The number of hydrogen-bond donors (Lipinski definition) is 2. The largest absolute Gasteiger partial charge is 0.393 e. The fraction of sp³-hybridized carbons (Fsp3) is 0.462. The molecule has 0 heterocycles. The van der Waals surface area contributed by atoms with Crippen molar-refractivity contribution in [1.82, 2.24) is 5.32 Å². The van der Waals surface area contributed by atoms with E-state index < -0.39 is 35.0 Å². The van der Waals surface area contributed by atoms with Gasteiger partial charge in [0.15, 0.2) is 11.6 Å². The molecule has 2 rings (SSSR count). The highest BCUT2D eigenvalue weighted by Crippen LogP contribution is 2.25. The lowest BCUT2D eigenvalue weighted by atomic mass is 10.1. The third-order valence-electron chi connectivity index (χ3n) is 3.41. The maximum atomic E-state index is 13.4. The van der Waals surface area contributed by atoms with Gasteiger partial charge in [0.05, 0.1) is 6.10 Å². The Balaban J connectivity index is 2.06. The van der Waals surface area contributed by atoms with Crippen LogP contribution in [0.3, 0.4) is 0 Å². The van der Waals surface area contributed by atoms with Gasteiger partial charge in [0.2, 0.25) is 0 Å². The lowest BCUT2D eigenvalue weighted by Crippen LogP contribution is -2.33. The molecule has 0 radical (unpaired) electrons. The van der Waals surface area contributed by atoms with Gasteiger partial charge >= 0.3 is 0 Å². The third kappa shape index (κ3) is 2.89. The molecule has 1 fully saturated rings. The van der Waals surface area contributed by atoms with Gasteiger partial charge in [0.25, 0.3) is 5.91 Å². The van der Waals surface area contributed by atoms with Crippen LogP contribution in [-0.2, 0) is 0 Å². The molecule has 0 aliphatic heterocycles. The molecule has 2 atom stereocenters. The normalized spacial score (nSPS) is 22.5. The standard InChI is InChI=1S/C13H14F3NO2/c14-8-4-5-9(15)12(16)11(8)13(19)17-6-7-2-1-3-10(7)18/h4-5,7,10,18H,1-3,6H2,(H,17,19)/t7-,10-/m1/s1. The molecule has 0 unspecified atom stereocenters. The topological polar surface area (TPSA) is 49.3 Å². The van der Waals surface area contributed by atoms with Gasteiger partial charge in [-0.15, -0.1) is 0 Å². The Morgan fingerprint density at radius 3 is 2.58 bits per heavy atom. The molecule has 0 saturated heterocycles. The quantitative estimate of drug-likeness (QED) is 0.827. The summed E-state index contributed by atoms with van der Waals surface area (Å²) in [5.74, 6) is -5.00. The van der Waals surface area contributed by atoms with Gasteiger partial charge in [-0.2, -0.15) is 0 Å². The molecule has 0 aromatic heterocycles. The van der Waals surface area contributed by atoms with Crippen molar-refractivity contribution in [2.24, 2.45) is 5.92 Å². The Kier molecular flexibility index (Phi) is 4.09. The second-order valence-corrected chi connectivity index (χ2v) is 4.69. The first kappa shape index (κ1) is 13.9. The van der Waals surface area contributed by atoms with Crippen molar-refractivity contribution < 1.29 is 23.1 Å². The SMILES string of the molecule is O=C(NC[C@H]1CCC[C@H]1O)c1c(F)ccc(F)c1F. The van der Waals surface area contributed by atoms with Gasteiger partial charge in [-0.1, -0.05) is 6.42 Å². The smallest absolute Gasteiger partial charge is 0.257 e. The number of carbonyl (C=O) groups excluding carboxylic acids is 1. The number of amides is 1. The molecular formula is C13H14F3NO2. The summed E-state index contributed by atoms with van der Waals surface area (Å²) in [6.45, 7) is 0.120. The van der Waals surface area contributed by atoms with Crippen LogP contribution in [0.5, 0.6) is 0 Å². The lowest BCUT2D eigenvalue weighted by molar-refractivity contribution is 0.0907. The van der Waals surface area contributed by atoms with E-state index in [0.717, 1.165) is 12.8 Å². The molecule has 19 heavy (non-hydrogen) atoms. The maximum Gasteiger partial charge on any atom is 0.257 e. The van der Waals surface area contributed by atoms with Gasteiger partial charge < -0.3 is 10.4 Å². The molecule has 6 heteroatoms. The highest BCUT2D eigenvalue weighted by molar-refractivity contribution is 5.94. The Morgan fingerprint density at radius 2 is 1.95 bits per heavy atom. The van der Waals surface area contributed by atoms with Crippen molar-refractivity contribution in [2.45, 2.75) is 25.4 Å². The average Bonchev–Trinajstić information content (AvgIpc) is 2.77. The maximum absolute atomic E-state index is 13.4. The first-order valence-corrected chi connectivity index (χ1v) is 6.10. The summed E-state index contributed by atoms with van der Waals surface area (Å²) in [7, 11) is 0. The van der Waals surface area contributed by atoms with Crippen LogP contribution < -0.4 is 5.32 Å². The van der Waals surface area contributed by atoms with Crippen LogP contribution in [0.2, 0.25) is 0 Å². The van der Waals surface area contributed by atoms with Crippen LogP contribution in [0.25, 0.3) is 0 Å². The predicted molar refractivity (Wildman–Crippen MR) is 62.0 cm³/mol. The van der Waals surface area contributed by atoms with E-state index in [4.69, 9.17) is 0 Å². The van der Waals surface area contributed by atoms with Crippen LogP contribution in [0.15, 0.2) is 12.1 Å². The van der Waals surface area contributed by atoms with E-state index in [2.05, 4.69) is 5.32 Å². The summed E-state index contributed by atoms with van der Waals surface area (Å²) < 4.78 is 39.7. The average molecular weight is 273 g/mol. The molecule has 1 aromatic carbocycles.